The van der Waals surface area contributed by atoms with Gasteiger partial charge in [-0.3, -0.25) is 14.7 Å². The van der Waals surface area contributed by atoms with Gasteiger partial charge in [0.25, 0.3) is 5.91 Å². The summed E-state index contributed by atoms with van der Waals surface area (Å²) in [6.07, 6.45) is 4.10. The first-order chi connectivity index (χ1) is 18.0. The van der Waals surface area contributed by atoms with Crippen molar-refractivity contribution in [3.05, 3.63) is 77.0 Å². The van der Waals surface area contributed by atoms with E-state index >= 15 is 4.39 Å². The number of anilines is 1. The number of nitrogens with one attached hydrogen (secondary N) is 1. The van der Waals surface area contributed by atoms with Crippen LogP contribution in [-0.2, 0) is 11.2 Å². The second kappa shape index (κ2) is 12.4. The number of aryl methyl sites for hydroxylation is 1. The normalized spacial score (nSPS) is 13.7. The fraction of sp³-hybridized carbons (Fsp3) is 0.345. The van der Waals surface area contributed by atoms with Crippen molar-refractivity contribution < 1.29 is 13.9 Å². The van der Waals surface area contributed by atoms with E-state index in [-0.39, 0.29) is 11.5 Å². The van der Waals surface area contributed by atoms with Gasteiger partial charge in [-0.1, -0.05) is 24.8 Å². The van der Waals surface area contributed by atoms with E-state index < -0.39 is 5.82 Å². The minimum absolute atomic E-state index is 0.0854. The van der Waals surface area contributed by atoms with Gasteiger partial charge < -0.3 is 15.0 Å². The zero-order valence-electron chi connectivity index (χ0n) is 21.6. The number of piperazine rings is 1. The molecule has 2 aromatic heterocycles. The molecule has 1 aliphatic rings. The number of aromatic nitrogens is 2. The van der Waals surface area contributed by atoms with Crippen molar-refractivity contribution in [3.63, 3.8) is 0 Å². The molecular formula is C29H32FN5O2. The Kier molecular flexibility index (Phi) is 8.83. The van der Waals surface area contributed by atoms with Gasteiger partial charge in [0.2, 0.25) is 0 Å². The highest BCUT2D eigenvalue weighted by Gasteiger charge is 2.24. The van der Waals surface area contributed by atoms with Crippen molar-refractivity contribution in [2.75, 3.05) is 58.8 Å². The maximum atomic E-state index is 15.3. The van der Waals surface area contributed by atoms with Gasteiger partial charge >= 0.3 is 0 Å². The number of pyridine rings is 2. The second-order valence-electron chi connectivity index (χ2n) is 8.79. The first kappa shape index (κ1) is 26.3. The van der Waals surface area contributed by atoms with Gasteiger partial charge in [-0.05, 0) is 42.3 Å². The molecule has 8 heteroatoms. The molecule has 0 unspecified atom stereocenters. The minimum Gasteiger partial charge on any atom is -0.383 e. The molecule has 37 heavy (non-hydrogen) atoms. The average molecular weight is 502 g/mol. The highest BCUT2D eigenvalue weighted by molar-refractivity contribution is 5.95. The average Bonchev–Trinajstić information content (AvgIpc) is 2.95. The summed E-state index contributed by atoms with van der Waals surface area (Å²) in [5, 5.41) is 2.99. The maximum absolute atomic E-state index is 15.3. The molecule has 0 atom stereocenters. The third-order valence-electron chi connectivity index (χ3n) is 6.50. The Balaban J connectivity index is 1.57. The van der Waals surface area contributed by atoms with Crippen molar-refractivity contribution in [3.8, 4) is 23.0 Å². The van der Waals surface area contributed by atoms with E-state index in [1.807, 2.05) is 32.2 Å². The highest BCUT2D eigenvalue weighted by atomic mass is 19.1. The lowest BCUT2D eigenvalue weighted by Crippen LogP contribution is -2.49. The second-order valence-corrected chi connectivity index (χ2v) is 8.79. The molecule has 1 aliphatic heterocycles. The number of halogens is 1. The van der Waals surface area contributed by atoms with E-state index in [1.54, 1.807) is 36.5 Å². The molecule has 1 fully saturated rings. The van der Waals surface area contributed by atoms with Gasteiger partial charge in [0.1, 0.15) is 11.6 Å². The summed E-state index contributed by atoms with van der Waals surface area (Å²) in [6.45, 7) is 6.14. The molecule has 0 radical (unpaired) electrons. The maximum Gasteiger partial charge on any atom is 0.256 e. The Hall–Kier alpha value is -3.80. The van der Waals surface area contributed by atoms with E-state index in [0.717, 1.165) is 47.8 Å². The standard InChI is InChI=1S/C29H32FN5O2/c1-4-27-24(8-5-21-6-10-28(31-2)33-20-21)23(11-12-32-27)22-7-9-25(26(30)19-22)29(36)35-15-13-34(14-16-35)17-18-37-3/h6-7,9-12,19-20H,4,13-18H2,1-3H3,(H,31,33). The fourth-order valence-electron chi connectivity index (χ4n) is 4.32. The molecule has 0 saturated carbocycles. The van der Waals surface area contributed by atoms with Crippen LogP contribution in [0.15, 0.2) is 48.8 Å². The van der Waals surface area contributed by atoms with Crippen LogP contribution in [-0.4, -0.2) is 79.2 Å². The van der Waals surface area contributed by atoms with Crippen LogP contribution in [0.2, 0.25) is 0 Å². The first-order valence-corrected chi connectivity index (χ1v) is 12.5. The van der Waals surface area contributed by atoms with Gasteiger partial charge in [-0.2, -0.15) is 0 Å². The van der Waals surface area contributed by atoms with Gasteiger partial charge in [0.15, 0.2) is 0 Å². The zero-order valence-corrected chi connectivity index (χ0v) is 21.6. The lowest BCUT2D eigenvalue weighted by atomic mass is 9.96. The molecule has 7 nitrogen and oxygen atoms in total. The number of carbonyl (C=O) groups excluding carboxylic acids is 1. The Morgan fingerprint density at radius 2 is 1.92 bits per heavy atom. The van der Waals surface area contributed by atoms with E-state index in [9.17, 15) is 4.79 Å². The predicted octanol–water partition coefficient (Wildman–Crippen LogP) is 3.69. The number of ether oxygens (including phenoxy) is 1. The Labute approximate surface area is 217 Å². The van der Waals surface area contributed by atoms with Gasteiger partial charge in [-0.15, -0.1) is 0 Å². The van der Waals surface area contributed by atoms with Crippen LogP contribution >= 0.6 is 0 Å². The number of hydrogen-bond acceptors (Lipinski definition) is 6. The van der Waals surface area contributed by atoms with Gasteiger partial charge in [0, 0.05) is 70.4 Å². The number of benzene rings is 1. The van der Waals surface area contributed by atoms with Crippen molar-refractivity contribution >= 4 is 11.7 Å². The summed E-state index contributed by atoms with van der Waals surface area (Å²) in [7, 11) is 3.49. The molecule has 0 spiro atoms. The summed E-state index contributed by atoms with van der Waals surface area (Å²) in [5.41, 5.74) is 3.87. The van der Waals surface area contributed by atoms with Crippen LogP contribution < -0.4 is 5.32 Å². The van der Waals surface area contributed by atoms with Crippen LogP contribution in [0.1, 0.15) is 34.1 Å². The Bertz CT molecular complexity index is 1290. The zero-order chi connectivity index (χ0) is 26.2. The molecule has 0 bridgehead atoms. The highest BCUT2D eigenvalue weighted by Crippen LogP contribution is 2.27. The van der Waals surface area contributed by atoms with Gasteiger partial charge in [-0.25, -0.2) is 9.37 Å². The summed E-state index contributed by atoms with van der Waals surface area (Å²) in [5.74, 6) is 6.33. The van der Waals surface area contributed by atoms with Crippen LogP contribution in [0.4, 0.5) is 10.2 Å². The van der Waals surface area contributed by atoms with Crippen LogP contribution in [0, 0.1) is 17.7 Å². The number of methoxy groups -OCH3 is 1. The van der Waals surface area contributed by atoms with Crippen LogP contribution in [0.5, 0.6) is 0 Å². The third-order valence-corrected chi connectivity index (χ3v) is 6.50. The lowest BCUT2D eigenvalue weighted by Gasteiger charge is -2.34. The lowest BCUT2D eigenvalue weighted by molar-refractivity contribution is 0.0590. The van der Waals surface area contributed by atoms with Crippen molar-refractivity contribution in [2.45, 2.75) is 13.3 Å². The Morgan fingerprint density at radius 1 is 1.11 bits per heavy atom. The first-order valence-electron chi connectivity index (χ1n) is 12.5. The summed E-state index contributed by atoms with van der Waals surface area (Å²) < 4.78 is 20.4. The number of rotatable bonds is 7. The van der Waals surface area contributed by atoms with Crippen molar-refractivity contribution in [1.29, 1.82) is 0 Å². The molecule has 1 amide bonds. The number of nitrogens with zero attached hydrogens (tertiary/aromatic N) is 4. The van der Waals surface area contributed by atoms with E-state index in [2.05, 4.69) is 32.0 Å². The van der Waals surface area contributed by atoms with Crippen LogP contribution in [0.25, 0.3) is 11.1 Å². The van der Waals surface area contributed by atoms with E-state index in [0.29, 0.717) is 31.7 Å². The topological polar surface area (TPSA) is 70.6 Å². The number of amides is 1. The third kappa shape index (κ3) is 6.31. The minimum atomic E-state index is -0.537. The summed E-state index contributed by atoms with van der Waals surface area (Å²) in [4.78, 5) is 25.8. The molecular weight excluding hydrogens is 469 g/mol. The summed E-state index contributed by atoms with van der Waals surface area (Å²) in [6, 6.07) is 10.4. The quantitative estimate of drug-likeness (QED) is 0.498. The smallest absolute Gasteiger partial charge is 0.256 e. The fourth-order valence-corrected chi connectivity index (χ4v) is 4.32. The molecule has 1 aromatic carbocycles. The molecule has 0 aliphatic carbocycles. The van der Waals surface area contributed by atoms with Crippen molar-refractivity contribution in [2.24, 2.45) is 0 Å². The van der Waals surface area contributed by atoms with Gasteiger partial charge in [0.05, 0.1) is 23.4 Å². The van der Waals surface area contributed by atoms with Crippen LogP contribution in [0.3, 0.4) is 0 Å². The molecule has 3 aromatic rings. The largest absolute Gasteiger partial charge is 0.383 e. The molecule has 3 heterocycles. The van der Waals surface area contributed by atoms with E-state index in [1.165, 1.54) is 6.07 Å². The molecule has 4 rings (SSSR count). The number of hydrogen-bond donors (Lipinski definition) is 1. The monoisotopic (exact) mass is 501 g/mol. The summed E-state index contributed by atoms with van der Waals surface area (Å²) >= 11 is 0. The number of carbonyl (C=O) groups is 1. The molecule has 1 saturated heterocycles. The predicted molar refractivity (Wildman–Crippen MR) is 143 cm³/mol. The SMILES string of the molecule is CCc1nccc(-c2ccc(C(=O)N3CCN(CCOC)CC3)c(F)c2)c1C#Cc1ccc(NC)nc1. The molecule has 192 valence electrons. The van der Waals surface area contributed by atoms with Crippen molar-refractivity contribution in [1.82, 2.24) is 19.8 Å². The molecule has 1 N–H and O–H groups in total. The Morgan fingerprint density at radius 3 is 2.57 bits per heavy atom. The van der Waals surface area contributed by atoms with E-state index in [4.69, 9.17) is 4.74 Å².